The summed E-state index contributed by atoms with van der Waals surface area (Å²) in [4.78, 5) is 34.0. The molecule has 2 fully saturated rings. The number of nitrogens with zero attached hydrogens (tertiary/aromatic N) is 4. The van der Waals surface area contributed by atoms with Crippen LogP contribution in [0.25, 0.3) is 11.4 Å². The van der Waals surface area contributed by atoms with Crippen LogP contribution in [0.5, 0.6) is 5.75 Å². The molecule has 2 atom stereocenters. The second kappa shape index (κ2) is 8.31. The molecule has 2 aliphatic carbocycles. The Morgan fingerprint density at radius 1 is 1.18 bits per heavy atom. The van der Waals surface area contributed by atoms with Gasteiger partial charge in [-0.1, -0.05) is 13.0 Å². The molecular formula is C24H26N6O3. The van der Waals surface area contributed by atoms with Gasteiger partial charge in [0.2, 0.25) is 5.91 Å². The lowest BCUT2D eigenvalue weighted by atomic mass is 10.1. The van der Waals surface area contributed by atoms with Crippen molar-refractivity contribution in [3.63, 3.8) is 0 Å². The van der Waals surface area contributed by atoms with Crippen LogP contribution in [0.1, 0.15) is 36.5 Å². The highest BCUT2D eigenvalue weighted by Gasteiger charge is 2.39. The van der Waals surface area contributed by atoms with Gasteiger partial charge in [0.05, 0.1) is 29.6 Å². The van der Waals surface area contributed by atoms with Gasteiger partial charge in [0, 0.05) is 31.1 Å². The Kier molecular flexibility index (Phi) is 5.32. The van der Waals surface area contributed by atoms with Crippen molar-refractivity contribution >= 4 is 28.9 Å². The Labute approximate surface area is 191 Å². The Morgan fingerprint density at radius 3 is 2.61 bits per heavy atom. The van der Waals surface area contributed by atoms with Crippen molar-refractivity contribution in [2.24, 2.45) is 24.8 Å². The molecule has 5 rings (SSSR count). The monoisotopic (exact) mass is 446 g/mol. The van der Waals surface area contributed by atoms with E-state index in [4.69, 9.17) is 4.74 Å². The summed E-state index contributed by atoms with van der Waals surface area (Å²) in [7, 11) is 3.38. The number of benzene rings is 1. The summed E-state index contributed by atoms with van der Waals surface area (Å²) in [6.45, 7) is 2.05. The highest BCUT2D eigenvalue weighted by Crippen LogP contribution is 2.41. The van der Waals surface area contributed by atoms with E-state index in [0.717, 1.165) is 24.8 Å². The van der Waals surface area contributed by atoms with Gasteiger partial charge in [-0.25, -0.2) is 9.97 Å². The van der Waals surface area contributed by atoms with Gasteiger partial charge < -0.3 is 15.4 Å². The maximum Gasteiger partial charge on any atom is 0.228 e. The van der Waals surface area contributed by atoms with Crippen LogP contribution in [-0.4, -0.2) is 38.5 Å². The van der Waals surface area contributed by atoms with Crippen molar-refractivity contribution in [3.05, 3.63) is 42.4 Å². The van der Waals surface area contributed by atoms with E-state index in [9.17, 15) is 9.59 Å². The van der Waals surface area contributed by atoms with Crippen molar-refractivity contribution in [2.75, 3.05) is 17.7 Å². The van der Waals surface area contributed by atoms with Crippen molar-refractivity contribution in [3.8, 4) is 17.1 Å². The molecule has 9 heteroatoms. The second-order valence-electron chi connectivity index (χ2n) is 8.82. The van der Waals surface area contributed by atoms with Crippen LogP contribution < -0.4 is 15.4 Å². The standard InChI is InChI=1S/C24H26N6O3/c1-13-9-16(13)24(32)28-20-10-19(17(11-25-20)21(31)14-7-8-14)27-18-6-4-5-15(22(18)33-3)23-26-12-30(2)29-23/h4-6,10-14,16H,7-9H2,1-3H3,(H2,25,27,28,32)/t13-,16+/m0/s1. The van der Waals surface area contributed by atoms with E-state index >= 15 is 0 Å². The maximum absolute atomic E-state index is 12.9. The molecule has 1 aromatic carbocycles. The third kappa shape index (κ3) is 4.30. The average molecular weight is 447 g/mol. The number of anilines is 3. The second-order valence-corrected chi connectivity index (χ2v) is 8.82. The fourth-order valence-electron chi connectivity index (χ4n) is 3.93. The Bertz CT molecular complexity index is 1230. The fourth-order valence-corrected chi connectivity index (χ4v) is 3.93. The van der Waals surface area contributed by atoms with E-state index in [1.54, 1.807) is 37.4 Å². The fraction of sp³-hybridized carbons (Fsp3) is 0.375. The number of aryl methyl sites for hydroxylation is 1. The van der Waals surface area contributed by atoms with Gasteiger partial charge in [0.1, 0.15) is 12.1 Å². The van der Waals surface area contributed by atoms with E-state index < -0.39 is 0 Å². The number of rotatable bonds is 8. The molecule has 2 N–H and O–H groups in total. The molecule has 2 aliphatic rings. The lowest BCUT2D eigenvalue weighted by molar-refractivity contribution is -0.117. The number of methoxy groups -OCH3 is 1. The molecule has 0 unspecified atom stereocenters. The number of pyridine rings is 1. The number of Topliss-reactive ketones (excluding diaryl/α,β-unsaturated/α-hetero) is 1. The van der Waals surface area contributed by atoms with E-state index in [1.165, 1.54) is 0 Å². The molecule has 0 saturated heterocycles. The number of ether oxygens (including phenoxy) is 1. The first kappa shape index (κ1) is 21.1. The third-order valence-electron chi connectivity index (χ3n) is 6.14. The van der Waals surface area contributed by atoms with Crippen LogP contribution in [0.3, 0.4) is 0 Å². The minimum Gasteiger partial charge on any atom is -0.494 e. The van der Waals surface area contributed by atoms with Gasteiger partial charge in [0.25, 0.3) is 0 Å². The molecule has 2 aromatic heterocycles. The normalized spacial score (nSPS) is 19.1. The largest absolute Gasteiger partial charge is 0.494 e. The van der Waals surface area contributed by atoms with Crippen molar-refractivity contribution in [1.29, 1.82) is 0 Å². The van der Waals surface area contributed by atoms with Crippen LogP contribution in [-0.2, 0) is 11.8 Å². The van der Waals surface area contributed by atoms with Gasteiger partial charge >= 0.3 is 0 Å². The summed E-state index contributed by atoms with van der Waals surface area (Å²) in [6, 6.07) is 7.33. The van der Waals surface area contributed by atoms with Crippen LogP contribution in [0.4, 0.5) is 17.2 Å². The van der Waals surface area contributed by atoms with E-state index in [2.05, 4.69) is 32.6 Å². The Hall–Kier alpha value is -3.75. The van der Waals surface area contributed by atoms with Gasteiger partial charge in [0.15, 0.2) is 17.4 Å². The first-order valence-electron chi connectivity index (χ1n) is 11.1. The van der Waals surface area contributed by atoms with Crippen LogP contribution >= 0.6 is 0 Å². The lowest BCUT2D eigenvalue weighted by Crippen LogP contribution is -2.16. The van der Waals surface area contributed by atoms with Gasteiger partial charge in [-0.15, -0.1) is 0 Å². The molecule has 0 aliphatic heterocycles. The Morgan fingerprint density at radius 2 is 1.97 bits per heavy atom. The van der Waals surface area contributed by atoms with E-state index in [-0.39, 0.29) is 23.5 Å². The zero-order valence-electron chi connectivity index (χ0n) is 18.8. The predicted molar refractivity (Wildman–Crippen MR) is 123 cm³/mol. The first-order chi connectivity index (χ1) is 15.9. The molecule has 0 radical (unpaired) electrons. The molecule has 0 bridgehead atoms. The number of hydrogen-bond donors (Lipinski definition) is 2. The van der Waals surface area contributed by atoms with Gasteiger partial charge in [-0.2, -0.15) is 5.10 Å². The Balaban J connectivity index is 1.50. The minimum atomic E-state index is -0.0389. The van der Waals surface area contributed by atoms with Gasteiger partial charge in [-0.3, -0.25) is 14.3 Å². The number of amides is 1. The average Bonchev–Trinajstić information content (AvgIpc) is 3.72. The number of para-hydroxylation sites is 1. The maximum atomic E-state index is 12.9. The molecule has 170 valence electrons. The van der Waals surface area contributed by atoms with E-state index in [0.29, 0.717) is 40.2 Å². The number of aromatic nitrogens is 4. The number of hydrogen-bond acceptors (Lipinski definition) is 7. The highest BCUT2D eigenvalue weighted by molar-refractivity contribution is 6.05. The van der Waals surface area contributed by atoms with Crippen molar-refractivity contribution in [1.82, 2.24) is 19.7 Å². The summed E-state index contributed by atoms with van der Waals surface area (Å²) in [5, 5.41) is 10.6. The van der Waals surface area contributed by atoms with Crippen LogP contribution in [0.2, 0.25) is 0 Å². The summed E-state index contributed by atoms with van der Waals surface area (Å²) < 4.78 is 7.32. The molecule has 9 nitrogen and oxygen atoms in total. The predicted octanol–water partition coefficient (Wildman–Crippen LogP) is 3.82. The summed E-state index contributed by atoms with van der Waals surface area (Å²) in [5.41, 5.74) is 2.46. The summed E-state index contributed by atoms with van der Waals surface area (Å²) >= 11 is 0. The molecule has 33 heavy (non-hydrogen) atoms. The molecule has 1 amide bonds. The number of carbonyl (C=O) groups is 2. The number of carbonyl (C=O) groups excluding carboxylic acids is 2. The number of ketones is 1. The van der Waals surface area contributed by atoms with Crippen molar-refractivity contribution < 1.29 is 14.3 Å². The SMILES string of the molecule is COc1c(Nc2cc(NC(=O)[C@@H]3C[C@@H]3C)ncc2C(=O)C2CC2)cccc1-c1ncn(C)n1. The molecular weight excluding hydrogens is 420 g/mol. The zero-order valence-corrected chi connectivity index (χ0v) is 18.8. The highest BCUT2D eigenvalue weighted by atomic mass is 16.5. The quantitative estimate of drug-likeness (QED) is 0.506. The molecule has 2 heterocycles. The number of nitrogens with one attached hydrogen (secondary N) is 2. The molecule has 0 spiro atoms. The van der Waals surface area contributed by atoms with Gasteiger partial charge in [-0.05, 0) is 37.3 Å². The molecule has 3 aromatic rings. The van der Waals surface area contributed by atoms with E-state index in [1.807, 2.05) is 18.2 Å². The lowest BCUT2D eigenvalue weighted by Gasteiger charge is -2.17. The minimum absolute atomic E-state index is 0.0265. The smallest absolute Gasteiger partial charge is 0.228 e. The zero-order chi connectivity index (χ0) is 23.1. The first-order valence-corrected chi connectivity index (χ1v) is 11.1. The molecule has 2 saturated carbocycles. The van der Waals surface area contributed by atoms with Crippen LogP contribution in [0.15, 0.2) is 36.8 Å². The van der Waals surface area contributed by atoms with Crippen LogP contribution in [0, 0.1) is 17.8 Å². The summed E-state index contributed by atoms with van der Waals surface area (Å²) in [5.74, 6) is 1.98. The summed E-state index contributed by atoms with van der Waals surface area (Å²) in [6.07, 6.45) is 5.84. The third-order valence-corrected chi connectivity index (χ3v) is 6.14. The van der Waals surface area contributed by atoms with Crippen molar-refractivity contribution in [2.45, 2.75) is 26.2 Å². The topological polar surface area (TPSA) is 111 Å².